The minimum Gasteiger partial charge on any atom is -0.480 e. The fourth-order valence-corrected chi connectivity index (χ4v) is 4.45. The predicted octanol–water partition coefficient (Wildman–Crippen LogP) is 10.4. The molecule has 1 unspecified atom stereocenters. The Kier molecular flexibility index (Phi) is 31.9. The molecule has 2 N–H and O–H groups in total. The van der Waals surface area contributed by atoms with Gasteiger partial charge in [-0.3, -0.25) is 14.4 Å². The molecule has 0 fully saturated rings. The van der Waals surface area contributed by atoms with Gasteiger partial charge in [-0.05, 0) is 83.1 Å². The van der Waals surface area contributed by atoms with Gasteiger partial charge in [0.05, 0.1) is 0 Å². The van der Waals surface area contributed by atoms with Gasteiger partial charge in [0, 0.05) is 12.8 Å². The standard InChI is InChI=1S/C40H63NO5/c1-3-5-7-9-11-12-13-14-15-16-17-18-19-20-21-22-23-25-31-35-40(45)46-37(32-28-24-10-8-6-4-2)33-29-26-27-30-34-38(42)41-36-39(43)44/h5,7,11-12,14-15,17-18,20-21,23,25,28,32,37H,3-4,6,8-10,13,16,19,22,24,26-27,29-31,33-36H2,1-2H3,(H,41,42)(H,43,44)/b7-5-,12-11-,15-14-,18-17-,21-20-,25-23-,32-28-. The number of carboxylic acid groups (broad SMARTS) is 1. The Bertz CT molecular complexity index is 970. The molecule has 0 rings (SSSR count). The summed E-state index contributed by atoms with van der Waals surface area (Å²) in [6.45, 7) is 4.01. The number of carboxylic acids is 1. The highest BCUT2D eigenvalue weighted by molar-refractivity contribution is 5.80. The zero-order valence-electron chi connectivity index (χ0n) is 28.9. The molecule has 0 aliphatic rings. The number of rotatable bonds is 30. The summed E-state index contributed by atoms with van der Waals surface area (Å²) in [5.41, 5.74) is 0. The summed E-state index contributed by atoms with van der Waals surface area (Å²) in [6, 6.07) is 0. The summed E-state index contributed by atoms with van der Waals surface area (Å²) < 4.78 is 5.80. The molecule has 6 nitrogen and oxygen atoms in total. The van der Waals surface area contributed by atoms with E-state index in [1.807, 2.05) is 12.2 Å². The second-order valence-corrected chi connectivity index (χ2v) is 11.4. The van der Waals surface area contributed by atoms with E-state index in [9.17, 15) is 14.4 Å². The van der Waals surface area contributed by atoms with Crippen LogP contribution in [0.25, 0.3) is 0 Å². The zero-order valence-corrected chi connectivity index (χ0v) is 28.9. The SMILES string of the molecule is CC/C=C\C/C=C\C/C=C\C/C=C\C/C=C\C/C=C\CCC(=O)OC(/C=C\CCCCCC)CCCCCCC(=O)NCC(=O)O. The Labute approximate surface area is 280 Å². The van der Waals surface area contributed by atoms with Gasteiger partial charge in [0.15, 0.2) is 0 Å². The molecule has 0 aromatic heterocycles. The maximum absolute atomic E-state index is 12.5. The number of unbranched alkanes of at least 4 members (excludes halogenated alkanes) is 7. The van der Waals surface area contributed by atoms with Crippen LogP contribution in [0.15, 0.2) is 85.1 Å². The summed E-state index contributed by atoms with van der Waals surface area (Å²) in [5, 5.41) is 11.0. The molecule has 0 aliphatic carbocycles. The summed E-state index contributed by atoms with van der Waals surface area (Å²) >= 11 is 0. The fraction of sp³-hybridized carbons (Fsp3) is 0.575. The van der Waals surface area contributed by atoms with Crippen LogP contribution >= 0.6 is 0 Å². The Morgan fingerprint density at radius 3 is 1.72 bits per heavy atom. The van der Waals surface area contributed by atoms with Crippen molar-refractivity contribution in [2.45, 2.75) is 142 Å². The van der Waals surface area contributed by atoms with Gasteiger partial charge < -0.3 is 15.2 Å². The fourth-order valence-electron chi connectivity index (χ4n) is 4.45. The lowest BCUT2D eigenvalue weighted by molar-refractivity contribution is -0.147. The first-order chi connectivity index (χ1) is 22.5. The lowest BCUT2D eigenvalue weighted by Gasteiger charge is -2.14. The molecule has 0 spiro atoms. The van der Waals surface area contributed by atoms with Crippen molar-refractivity contribution in [3.8, 4) is 0 Å². The predicted molar refractivity (Wildman–Crippen MR) is 194 cm³/mol. The van der Waals surface area contributed by atoms with E-state index >= 15 is 0 Å². The lowest BCUT2D eigenvalue weighted by atomic mass is 10.1. The number of nitrogens with one attached hydrogen (secondary N) is 1. The van der Waals surface area contributed by atoms with E-state index < -0.39 is 5.97 Å². The molecular weight excluding hydrogens is 574 g/mol. The molecular formula is C40H63NO5. The lowest BCUT2D eigenvalue weighted by Crippen LogP contribution is -2.28. The maximum atomic E-state index is 12.5. The Morgan fingerprint density at radius 1 is 0.609 bits per heavy atom. The van der Waals surface area contributed by atoms with Crippen LogP contribution in [0.2, 0.25) is 0 Å². The van der Waals surface area contributed by atoms with Crippen LogP contribution in [0, 0.1) is 0 Å². The normalized spacial score (nSPS) is 13.1. The van der Waals surface area contributed by atoms with Gasteiger partial charge in [0.2, 0.25) is 5.91 Å². The molecule has 0 radical (unpaired) electrons. The number of carbonyl (C=O) groups is 3. The first-order valence-corrected chi connectivity index (χ1v) is 17.7. The first kappa shape index (κ1) is 42.6. The third kappa shape index (κ3) is 33.5. The van der Waals surface area contributed by atoms with Gasteiger partial charge >= 0.3 is 11.9 Å². The number of aliphatic carboxylic acids is 1. The molecule has 0 aromatic carbocycles. The molecule has 0 bridgehead atoms. The van der Waals surface area contributed by atoms with E-state index in [1.54, 1.807) is 0 Å². The topological polar surface area (TPSA) is 92.7 Å². The number of allylic oxidation sites excluding steroid dienone is 13. The Hall–Kier alpha value is -3.41. The highest BCUT2D eigenvalue weighted by atomic mass is 16.5. The summed E-state index contributed by atoms with van der Waals surface area (Å²) in [4.78, 5) is 34.7. The van der Waals surface area contributed by atoms with E-state index in [0.29, 0.717) is 19.3 Å². The van der Waals surface area contributed by atoms with Gasteiger partial charge in [-0.2, -0.15) is 0 Å². The second-order valence-electron chi connectivity index (χ2n) is 11.4. The Balaban J connectivity index is 4.23. The molecule has 1 atom stereocenters. The van der Waals surface area contributed by atoms with Crippen molar-refractivity contribution in [1.82, 2.24) is 5.32 Å². The molecule has 0 aromatic rings. The van der Waals surface area contributed by atoms with Crippen molar-refractivity contribution in [1.29, 1.82) is 0 Å². The van der Waals surface area contributed by atoms with Gasteiger partial charge in [-0.15, -0.1) is 0 Å². The average molecular weight is 638 g/mol. The van der Waals surface area contributed by atoms with Gasteiger partial charge in [-0.1, -0.05) is 125 Å². The average Bonchev–Trinajstić information content (AvgIpc) is 3.04. The van der Waals surface area contributed by atoms with E-state index in [2.05, 4.69) is 92.1 Å². The molecule has 6 heteroatoms. The third-order valence-electron chi connectivity index (χ3n) is 7.05. The molecule has 46 heavy (non-hydrogen) atoms. The summed E-state index contributed by atoms with van der Waals surface area (Å²) in [7, 11) is 0. The van der Waals surface area contributed by atoms with Gasteiger partial charge in [-0.25, -0.2) is 0 Å². The number of esters is 1. The van der Waals surface area contributed by atoms with E-state index in [-0.39, 0.29) is 24.5 Å². The van der Waals surface area contributed by atoms with Crippen molar-refractivity contribution >= 4 is 17.8 Å². The quantitative estimate of drug-likeness (QED) is 0.0464. The summed E-state index contributed by atoms with van der Waals surface area (Å²) in [6.07, 6.45) is 47.2. The monoisotopic (exact) mass is 637 g/mol. The van der Waals surface area contributed by atoms with Crippen molar-refractivity contribution in [3.63, 3.8) is 0 Å². The molecule has 0 heterocycles. The van der Waals surface area contributed by atoms with Gasteiger partial charge in [0.25, 0.3) is 0 Å². The van der Waals surface area contributed by atoms with Crippen molar-refractivity contribution in [2.24, 2.45) is 0 Å². The van der Waals surface area contributed by atoms with Crippen LogP contribution in [-0.4, -0.2) is 35.6 Å². The Morgan fingerprint density at radius 2 is 1.15 bits per heavy atom. The molecule has 258 valence electrons. The first-order valence-electron chi connectivity index (χ1n) is 17.7. The number of ether oxygens (including phenoxy) is 1. The van der Waals surface area contributed by atoms with E-state index in [4.69, 9.17) is 9.84 Å². The minimum absolute atomic E-state index is 0.171. The third-order valence-corrected chi connectivity index (χ3v) is 7.05. The van der Waals surface area contributed by atoms with Gasteiger partial charge in [0.1, 0.15) is 12.6 Å². The number of hydrogen-bond acceptors (Lipinski definition) is 4. The van der Waals surface area contributed by atoms with Crippen LogP contribution in [0.3, 0.4) is 0 Å². The van der Waals surface area contributed by atoms with E-state index in [0.717, 1.165) is 83.5 Å². The van der Waals surface area contributed by atoms with Crippen LogP contribution in [0.1, 0.15) is 136 Å². The highest BCUT2D eigenvalue weighted by Gasteiger charge is 2.11. The number of carbonyl (C=O) groups excluding carboxylic acids is 2. The smallest absolute Gasteiger partial charge is 0.322 e. The van der Waals surface area contributed by atoms with Crippen molar-refractivity contribution < 1.29 is 24.2 Å². The minimum atomic E-state index is -1.04. The second kappa shape index (κ2) is 34.5. The highest BCUT2D eigenvalue weighted by Crippen LogP contribution is 2.13. The largest absolute Gasteiger partial charge is 0.480 e. The van der Waals surface area contributed by atoms with E-state index in [1.165, 1.54) is 19.3 Å². The number of amides is 1. The molecule has 0 aliphatic heterocycles. The van der Waals surface area contributed by atoms with Crippen LogP contribution in [-0.2, 0) is 19.1 Å². The van der Waals surface area contributed by atoms with Crippen LogP contribution < -0.4 is 5.32 Å². The molecule has 1 amide bonds. The van der Waals surface area contributed by atoms with Crippen molar-refractivity contribution in [3.05, 3.63) is 85.1 Å². The number of hydrogen-bond donors (Lipinski definition) is 2. The zero-order chi connectivity index (χ0) is 33.8. The van der Waals surface area contributed by atoms with Crippen molar-refractivity contribution in [2.75, 3.05) is 6.54 Å². The summed E-state index contributed by atoms with van der Waals surface area (Å²) in [5.74, 6) is -1.44. The maximum Gasteiger partial charge on any atom is 0.322 e. The van der Waals surface area contributed by atoms with Crippen LogP contribution in [0.4, 0.5) is 0 Å². The van der Waals surface area contributed by atoms with Crippen LogP contribution in [0.5, 0.6) is 0 Å². The molecule has 0 saturated heterocycles. The molecule has 0 saturated carbocycles.